The number of nitriles is 2. The molecule has 0 fully saturated rings. The summed E-state index contributed by atoms with van der Waals surface area (Å²) in [5, 5.41) is 37.9. The smallest absolute Gasteiger partial charge is 0.268 e. The summed E-state index contributed by atoms with van der Waals surface area (Å²) in [6.07, 6.45) is 0.378. The molecule has 8 heteroatoms. The van der Waals surface area contributed by atoms with E-state index in [9.17, 15) is 19.8 Å². The molecule has 24 heavy (non-hydrogen) atoms. The van der Waals surface area contributed by atoms with Crippen molar-refractivity contribution in [2.75, 3.05) is 0 Å². The van der Waals surface area contributed by atoms with Crippen molar-refractivity contribution in [2.24, 2.45) is 0 Å². The van der Waals surface area contributed by atoms with Crippen molar-refractivity contribution in [3.05, 3.63) is 54.1 Å². The first-order valence-corrected chi connectivity index (χ1v) is 7.01. The second-order valence-corrected chi connectivity index (χ2v) is 5.29. The van der Waals surface area contributed by atoms with Crippen molar-refractivity contribution < 1.29 is 10.2 Å². The molecule has 0 saturated carbocycles. The van der Waals surface area contributed by atoms with Gasteiger partial charge in [0.1, 0.15) is 23.3 Å². The van der Waals surface area contributed by atoms with E-state index in [2.05, 4.69) is 9.97 Å². The number of hydrogen-bond acceptors (Lipinski definition) is 6. The molecule has 4 N–H and O–H groups in total. The monoisotopic (exact) mass is 326 g/mol. The Morgan fingerprint density at radius 2 is 1.17 bits per heavy atom. The van der Waals surface area contributed by atoms with E-state index in [1.807, 2.05) is 0 Å². The summed E-state index contributed by atoms with van der Waals surface area (Å²) in [6, 6.07) is 3.57. The minimum absolute atomic E-state index is 0.0945. The topological polar surface area (TPSA) is 154 Å². The second kappa shape index (κ2) is 6.31. The zero-order chi connectivity index (χ0) is 18.0. The Balaban J connectivity index is 2.48. The van der Waals surface area contributed by atoms with Crippen LogP contribution in [0.25, 0.3) is 0 Å². The number of aromatic nitrogens is 2. The van der Waals surface area contributed by atoms with Crippen molar-refractivity contribution in [2.45, 2.75) is 26.7 Å². The van der Waals surface area contributed by atoms with Gasteiger partial charge in [0.2, 0.25) is 0 Å². The quantitative estimate of drug-likeness (QED) is 0.648. The Hall–Kier alpha value is -3.52. The highest BCUT2D eigenvalue weighted by Crippen LogP contribution is 2.25. The molecule has 0 aliphatic rings. The maximum atomic E-state index is 11.6. The van der Waals surface area contributed by atoms with Crippen LogP contribution in [0.15, 0.2) is 9.59 Å². The molecule has 0 bridgehead atoms. The van der Waals surface area contributed by atoms with Gasteiger partial charge >= 0.3 is 0 Å². The van der Waals surface area contributed by atoms with Crippen molar-refractivity contribution in [3.8, 4) is 23.9 Å². The number of nitrogens with one attached hydrogen (secondary N) is 2. The molecule has 0 aromatic carbocycles. The van der Waals surface area contributed by atoms with Gasteiger partial charge in [-0.3, -0.25) is 19.6 Å². The van der Waals surface area contributed by atoms with Gasteiger partial charge in [0.05, 0.1) is 0 Å². The molecular formula is C16H14N4O4. The predicted molar refractivity (Wildman–Crippen MR) is 83.8 cm³/mol. The van der Waals surface area contributed by atoms with Gasteiger partial charge in [0, 0.05) is 11.1 Å². The van der Waals surface area contributed by atoms with Crippen LogP contribution in [0.5, 0.6) is 11.8 Å². The standard InChI is InChI=1S/C16H14N4O4/c1-7-9(13(21)19-15(23)11(7)5-17)3-4-10-8(2)12(6-18)16(24)20-14(10)22/h3-4H2,1-2H3,(H2,19,21,23)(H2,20,22,24). The lowest BCUT2D eigenvalue weighted by Crippen LogP contribution is -2.16. The highest BCUT2D eigenvalue weighted by molar-refractivity contribution is 5.47. The molecule has 0 saturated heterocycles. The molecule has 2 heterocycles. The Kier molecular flexibility index (Phi) is 4.43. The zero-order valence-electron chi connectivity index (χ0n) is 13.0. The average Bonchev–Trinajstić information content (AvgIpc) is 2.50. The van der Waals surface area contributed by atoms with Crippen LogP contribution in [0.3, 0.4) is 0 Å². The average molecular weight is 326 g/mol. The first-order chi connectivity index (χ1) is 11.3. The first-order valence-electron chi connectivity index (χ1n) is 7.01. The molecule has 0 aliphatic heterocycles. The van der Waals surface area contributed by atoms with E-state index in [0.29, 0.717) is 22.3 Å². The van der Waals surface area contributed by atoms with Crippen LogP contribution < -0.4 is 11.1 Å². The molecule has 2 aromatic heterocycles. The van der Waals surface area contributed by atoms with E-state index in [-0.39, 0.29) is 35.7 Å². The van der Waals surface area contributed by atoms with Crippen molar-refractivity contribution >= 4 is 0 Å². The molecule has 2 aromatic rings. The summed E-state index contributed by atoms with van der Waals surface area (Å²) in [5.74, 6) is -0.697. The number of aromatic amines is 2. The molecular weight excluding hydrogens is 312 g/mol. The minimum Gasteiger partial charge on any atom is -0.494 e. The largest absolute Gasteiger partial charge is 0.494 e. The fourth-order valence-corrected chi connectivity index (χ4v) is 2.62. The zero-order valence-corrected chi connectivity index (χ0v) is 13.0. The van der Waals surface area contributed by atoms with Gasteiger partial charge in [-0.1, -0.05) is 0 Å². The summed E-state index contributed by atoms with van der Waals surface area (Å²) in [6.45, 7) is 3.09. The molecule has 0 radical (unpaired) electrons. The van der Waals surface area contributed by atoms with E-state index in [0.717, 1.165) is 0 Å². The fourth-order valence-electron chi connectivity index (χ4n) is 2.62. The van der Waals surface area contributed by atoms with Crippen LogP contribution in [0.1, 0.15) is 33.4 Å². The third-order valence-electron chi connectivity index (χ3n) is 3.99. The SMILES string of the molecule is Cc1c(CCc2c(O)[nH]c(=O)c(C#N)c2C)c(O)[nH]c(=O)c1C#N. The van der Waals surface area contributed by atoms with Crippen LogP contribution >= 0.6 is 0 Å². The molecule has 0 unspecified atom stereocenters. The summed E-state index contributed by atoms with van der Waals surface area (Å²) >= 11 is 0. The van der Waals surface area contributed by atoms with E-state index in [1.54, 1.807) is 26.0 Å². The van der Waals surface area contributed by atoms with Gasteiger partial charge < -0.3 is 10.2 Å². The molecule has 0 spiro atoms. The Morgan fingerprint density at radius 3 is 1.46 bits per heavy atom. The lowest BCUT2D eigenvalue weighted by Gasteiger charge is -2.12. The van der Waals surface area contributed by atoms with E-state index < -0.39 is 11.1 Å². The highest BCUT2D eigenvalue weighted by atomic mass is 16.3. The number of pyridine rings is 2. The summed E-state index contributed by atoms with van der Waals surface area (Å²) in [4.78, 5) is 27.6. The summed E-state index contributed by atoms with van der Waals surface area (Å²) in [7, 11) is 0. The van der Waals surface area contributed by atoms with Crippen LogP contribution in [-0.2, 0) is 12.8 Å². The van der Waals surface area contributed by atoms with Crippen molar-refractivity contribution in [3.63, 3.8) is 0 Å². The number of nitrogens with zero attached hydrogens (tertiary/aromatic N) is 2. The Bertz CT molecular complexity index is 935. The number of rotatable bonds is 3. The third kappa shape index (κ3) is 2.73. The van der Waals surface area contributed by atoms with Crippen LogP contribution in [0.2, 0.25) is 0 Å². The Labute approximate surface area is 136 Å². The normalized spacial score (nSPS) is 10.2. The molecule has 0 amide bonds. The maximum absolute atomic E-state index is 11.6. The summed E-state index contributed by atoms with van der Waals surface area (Å²) < 4.78 is 0. The van der Waals surface area contributed by atoms with Gasteiger partial charge in [0.25, 0.3) is 11.1 Å². The van der Waals surface area contributed by atoms with Gasteiger partial charge in [-0.25, -0.2) is 0 Å². The van der Waals surface area contributed by atoms with Crippen LogP contribution in [0, 0.1) is 36.5 Å². The van der Waals surface area contributed by atoms with E-state index in [4.69, 9.17) is 10.5 Å². The predicted octanol–water partition coefficient (Wildman–Crippen LogP) is 0.620. The van der Waals surface area contributed by atoms with Crippen LogP contribution in [-0.4, -0.2) is 20.2 Å². The van der Waals surface area contributed by atoms with Gasteiger partial charge in [-0.15, -0.1) is 0 Å². The molecule has 0 aliphatic carbocycles. The number of aromatic hydroxyl groups is 2. The number of H-pyrrole nitrogens is 2. The molecule has 2 rings (SSSR count). The van der Waals surface area contributed by atoms with Crippen molar-refractivity contribution in [1.82, 2.24) is 9.97 Å². The second-order valence-electron chi connectivity index (χ2n) is 5.29. The van der Waals surface area contributed by atoms with Crippen molar-refractivity contribution in [1.29, 1.82) is 10.5 Å². The van der Waals surface area contributed by atoms with Gasteiger partial charge in [0.15, 0.2) is 11.8 Å². The lowest BCUT2D eigenvalue weighted by atomic mass is 9.96. The molecule has 0 atom stereocenters. The van der Waals surface area contributed by atoms with E-state index >= 15 is 0 Å². The third-order valence-corrected chi connectivity index (χ3v) is 3.99. The van der Waals surface area contributed by atoms with Crippen LogP contribution in [0.4, 0.5) is 0 Å². The molecule has 8 nitrogen and oxygen atoms in total. The highest BCUT2D eigenvalue weighted by Gasteiger charge is 2.17. The Morgan fingerprint density at radius 1 is 0.833 bits per heavy atom. The van der Waals surface area contributed by atoms with E-state index in [1.165, 1.54) is 0 Å². The van der Waals surface area contributed by atoms with Gasteiger partial charge in [-0.05, 0) is 37.8 Å². The first kappa shape index (κ1) is 16.8. The number of hydrogen-bond donors (Lipinski definition) is 4. The molecule has 122 valence electrons. The van der Waals surface area contributed by atoms with Gasteiger partial charge in [-0.2, -0.15) is 10.5 Å². The minimum atomic E-state index is -0.675. The maximum Gasteiger partial charge on any atom is 0.268 e. The lowest BCUT2D eigenvalue weighted by molar-refractivity contribution is 0.437. The summed E-state index contributed by atoms with van der Waals surface area (Å²) in [5.41, 5.74) is -0.131. The fraction of sp³-hybridized carbons (Fsp3) is 0.250.